The largest absolute Gasteiger partial charge is 0.493 e. The molecule has 3 aromatic rings. The maximum atomic E-state index is 9.37. The third-order valence-electron chi connectivity index (χ3n) is 5.62. The summed E-state index contributed by atoms with van der Waals surface area (Å²) in [5.74, 6) is 1.46. The van der Waals surface area contributed by atoms with E-state index in [9.17, 15) is 5.26 Å². The standard InChI is InChI=1S/C26H27N3O2S/c1-20-7-10-23(11-8-20)32-31-25-12-9-21(17-26(25)30-2)19-28-13-15-29(16-14-28)24-6-4-3-5-22(24)18-27/h3-12,17H,13-16,19H2,1-2H3. The Morgan fingerprint density at radius 1 is 0.938 bits per heavy atom. The number of nitrogens with zero attached hydrogens (tertiary/aromatic N) is 3. The Balaban J connectivity index is 1.34. The fraction of sp³-hybridized carbons (Fsp3) is 0.269. The second kappa shape index (κ2) is 10.4. The van der Waals surface area contributed by atoms with E-state index in [1.165, 1.54) is 23.2 Å². The molecule has 0 unspecified atom stereocenters. The van der Waals surface area contributed by atoms with Gasteiger partial charge in [-0.25, -0.2) is 0 Å². The van der Waals surface area contributed by atoms with Crippen LogP contribution in [0.25, 0.3) is 0 Å². The normalized spacial score (nSPS) is 14.1. The Hall–Kier alpha value is -3.14. The number of ether oxygens (including phenoxy) is 1. The molecule has 1 heterocycles. The number of nitriles is 1. The molecule has 0 aromatic heterocycles. The van der Waals surface area contributed by atoms with Gasteiger partial charge < -0.3 is 13.8 Å². The van der Waals surface area contributed by atoms with E-state index in [4.69, 9.17) is 8.92 Å². The van der Waals surface area contributed by atoms with Crippen molar-refractivity contribution in [1.29, 1.82) is 5.26 Å². The van der Waals surface area contributed by atoms with Gasteiger partial charge in [0.25, 0.3) is 0 Å². The van der Waals surface area contributed by atoms with Gasteiger partial charge in [0.05, 0.1) is 30.4 Å². The van der Waals surface area contributed by atoms with E-state index < -0.39 is 0 Å². The number of aryl methyl sites for hydroxylation is 1. The Morgan fingerprint density at radius 2 is 1.69 bits per heavy atom. The fourth-order valence-corrected chi connectivity index (χ4v) is 4.39. The second-order valence-corrected chi connectivity index (χ2v) is 8.66. The van der Waals surface area contributed by atoms with E-state index in [2.05, 4.69) is 59.2 Å². The lowest BCUT2D eigenvalue weighted by molar-refractivity contribution is 0.249. The summed E-state index contributed by atoms with van der Waals surface area (Å²) in [6, 6.07) is 24.5. The minimum atomic E-state index is 0.722. The number of rotatable bonds is 7. The lowest BCUT2D eigenvalue weighted by atomic mass is 10.1. The zero-order chi connectivity index (χ0) is 22.3. The van der Waals surface area contributed by atoms with Crippen LogP contribution in [0.1, 0.15) is 16.7 Å². The van der Waals surface area contributed by atoms with E-state index in [1.54, 1.807) is 7.11 Å². The SMILES string of the molecule is COc1cc(CN2CCN(c3ccccc3C#N)CC2)ccc1OSc1ccc(C)cc1. The highest BCUT2D eigenvalue weighted by Gasteiger charge is 2.19. The van der Waals surface area contributed by atoms with Gasteiger partial charge in [-0.05, 0) is 48.9 Å². The molecule has 1 aliphatic heterocycles. The summed E-state index contributed by atoms with van der Waals surface area (Å²) in [5.41, 5.74) is 4.19. The van der Waals surface area contributed by atoms with E-state index >= 15 is 0 Å². The van der Waals surface area contributed by atoms with Gasteiger partial charge in [-0.1, -0.05) is 35.9 Å². The molecule has 0 bridgehead atoms. The van der Waals surface area contributed by atoms with Gasteiger partial charge in [0, 0.05) is 37.6 Å². The topological polar surface area (TPSA) is 48.7 Å². The smallest absolute Gasteiger partial charge is 0.179 e. The Bertz CT molecular complexity index is 1090. The average molecular weight is 446 g/mol. The molecular weight excluding hydrogens is 418 g/mol. The van der Waals surface area contributed by atoms with Crippen LogP contribution in [0.4, 0.5) is 5.69 Å². The summed E-state index contributed by atoms with van der Waals surface area (Å²) in [5, 5.41) is 9.37. The Kier molecular flexibility index (Phi) is 7.21. The first-order chi connectivity index (χ1) is 15.7. The highest BCUT2D eigenvalue weighted by atomic mass is 32.2. The first-order valence-electron chi connectivity index (χ1n) is 10.7. The van der Waals surface area contributed by atoms with Crippen LogP contribution in [0.3, 0.4) is 0 Å². The molecule has 0 spiro atoms. The monoisotopic (exact) mass is 445 g/mol. The molecule has 1 fully saturated rings. The Labute approximate surface area is 194 Å². The van der Waals surface area contributed by atoms with E-state index in [1.807, 2.05) is 30.3 Å². The zero-order valence-corrected chi connectivity index (χ0v) is 19.3. The summed E-state index contributed by atoms with van der Waals surface area (Å²) in [7, 11) is 1.67. The zero-order valence-electron chi connectivity index (χ0n) is 18.5. The van der Waals surface area contributed by atoms with Crippen LogP contribution < -0.4 is 13.8 Å². The fourth-order valence-electron chi connectivity index (χ4n) is 3.82. The van der Waals surface area contributed by atoms with Crippen molar-refractivity contribution in [3.63, 3.8) is 0 Å². The quantitative estimate of drug-likeness (QED) is 0.461. The second-order valence-electron chi connectivity index (χ2n) is 7.86. The first-order valence-corrected chi connectivity index (χ1v) is 11.4. The average Bonchev–Trinajstić information content (AvgIpc) is 2.84. The number of piperazine rings is 1. The molecule has 3 aromatic carbocycles. The summed E-state index contributed by atoms with van der Waals surface area (Å²) >= 11 is 1.34. The van der Waals surface area contributed by atoms with Gasteiger partial charge in [-0.3, -0.25) is 4.90 Å². The summed E-state index contributed by atoms with van der Waals surface area (Å²) < 4.78 is 11.5. The van der Waals surface area contributed by atoms with Gasteiger partial charge in [-0.15, -0.1) is 0 Å². The number of para-hydroxylation sites is 1. The van der Waals surface area contributed by atoms with E-state index in [0.29, 0.717) is 0 Å². The summed E-state index contributed by atoms with van der Waals surface area (Å²) in [6.45, 7) is 6.64. The predicted molar refractivity (Wildman–Crippen MR) is 129 cm³/mol. The van der Waals surface area contributed by atoms with E-state index in [-0.39, 0.29) is 0 Å². The molecule has 0 saturated carbocycles. The number of anilines is 1. The minimum absolute atomic E-state index is 0.722. The lowest BCUT2D eigenvalue weighted by Crippen LogP contribution is -2.46. The molecule has 32 heavy (non-hydrogen) atoms. The molecule has 0 amide bonds. The highest BCUT2D eigenvalue weighted by molar-refractivity contribution is 7.95. The molecule has 6 heteroatoms. The van der Waals surface area contributed by atoms with Crippen LogP contribution >= 0.6 is 12.0 Å². The molecule has 0 N–H and O–H groups in total. The molecule has 4 rings (SSSR count). The maximum Gasteiger partial charge on any atom is 0.179 e. The van der Waals surface area contributed by atoms with Crippen LogP contribution in [0.15, 0.2) is 71.6 Å². The van der Waals surface area contributed by atoms with Crippen molar-refractivity contribution in [2.75, 3.05) is 38.2 Å². The maximum absolute atomic E-state index is 9.37. The van der Waals surface area contributed by atoms with Crippen molar-refractivity contribution in [3.05, 3.63) is 83.4 Å². The van der Waals surface area contributed by atoms with Crippen molar-refractivity contribution < 1.29 is 8.92 Å². The molecule has 1 aliphatic rings. The molecule has 0 aliphatic carbocycles. The van der Waals surface area contributed by atoms with Crippen molar-refractivity contribution in [2.24, 2.45) is 0 Å². The van der Waals surface area contributed by atoms with Crippen LogP contribution in [0.5, 0.6) is 11.5 Å². The van der Waals surface area contributed by atoms with Crippen molar-refractivity contribution in [2.45, 2.75) is 18.4 Å². The van der Waals surface area contributed by atoms with Gasteiger partial charge >= 0.3 is 0 Å². The molecular formula is C26H27N3O2S. The van der Waals surface area contributed by atoms with Crippen molar-refractivity contribution in [3.8, 4) is 17.6 Å². The van der Waals surface area contributed by atoms with Gasteiger partial charge in [-0.2, -0.15) is 5.26 Å². The van der Waals surface area contributed by atoms with Crippen LogP contribution in [0.2, 0.25) is 0 Å². The molecule has 1 saturated heterocycles. The van der Waals surface area contributed by atoms with Gasteiger partial charge in [0.2, 0.25) is 0 Å². The van der Waals surface area contributed by atoms with E-state index in [0.717, 1.165) is 60.4 Å². The third kappa shape index (κ3) is 5.37. The number of benzene rings is 3. The third-order valence-corrected chi connectivity index (χ3v) is 6.35. The Morgan fingerprint density at radius 3 is 2.41 bits per heavy atom. The van der Waals surface area contributed by atoms with Gasteiger partial charge in [0.15, 0.2) is 11.5 Å². The van der Waals surface area contributed by atoms with Crippen LogP contribution in [0, 0.1) is 18.3 Å². The number of hydrogen-bond donors (Lipinski definition) is 0. The molecule has 0 atom stereocenters. The van der Waals surface area contributed by atoms with Crippen LogP contribution in [-0.2, 0) is 6.54 Å². The number of methoxy groups -OCH3 is 1. The summed E-state index contributed by atoms with van der Waals surface area (Å²) in [6.07, 6.45) is 0. The first kappa shape index (κ1) is 22.1. The van der Waals surface area contributed by atoms with Crippen molar-refractivity contribution in [1.82, 2.24) is 4.90 Å². The summed E-state index contributed by atoms with van der Waals surface area (Å²) in [4.78, 5) is 5.79. The molecule has 5 nitrogen and oxygen atoms in total. The molecule has 164 valence electrons. The van der Waals surface area contributed by atoms with Crippen molar-refractivity contribution >= 4 is 17.7 Å². The highest BCUT2D eigenvalue weighted by Crippen LogP contribution is 2.33. The van der Waals surface area contributed by atoms with Gasteiger partial charge in [0.1, 0.15) is 6.07 Å². The van der Waals surface area contributed by atoms with Crippen LogP contribution in [-0.4, -0.2) is 38.2 Å². The molecule has 0 radical (unpaired) electrons. The number of hydrogen-bond acceptors (Lipinski definition) is 6. The lowest BCUT2D eigenvalue weighted by Gasteiger charge is -2.36. The predicted octanol–water partition coefficient (Wildman–Crippen LogP) is 5.28. The minimum Gasteiger partial charge on any atom is -0.493 e.